The first-order valence-electron chi connectivity index (χ1n) is 9.89. The van der Waals surface area contributed by atoms with E-state index < -0.39 is 11.5 Å². The molecule has 0 spiro atoms. The Labute approximate surface area is 185 Å². The minimum atomic E-state index is -1.98. The van der Waals surface area contributed by atoms with Gasteiger partial charge in [-0.3, -0.25) is 9.59 Å². The number of Topliss-reactive ketones (excluding diaryl/α,β-unsaturated/α-hetero) is 1. The second kappa shape index (κ2) is 8.17. The molecular weight excluding hydrogens is 414 g/mol. The monoisotopic (exact) mass is 435 g/mol. The lowest BCUT2D eigenvalue weighted by Gasteiger charge is -2.23. The minimum absolute atomic E-state index is 0.285. The average Bonchev–Trinajstić information content (AvgIpc) is 2.96. The van der Waals surface area contributed by atoms with Gasteiger partial charge < -0.3 is 14.7 Å². The van der Waals surface area contributed by atoms with Crippen molar-refractivity contribution in [3.05, 3.63) is 94.0 Å². The first-order valence-corrected chi connectivity index (χ1v) is 10.3. The van der Waals surface area contributed by atoms with Crippen LogP contribution in [0.2, 0.25) is 5.02 Å². The Bertz CT molecular complexity index is 1140. The molecule has 1 amide bonds. The van der Waals surface area contributed by atoms with E-state index in [0.29, 0.717) is 27.6 Å². The Kier molecular flexibility index (Phi) is 5.56. The number of rotatable bonds is 6. The summed E-state index contributed by atoms with van der Waals surface area (Å²) in [5.41, 5.74) is 1.35. The molecule has 0 saturated carbocycles. The van der Waals surface area contributed by atoms with E-state index in [4.69, 9.17) is 16.3 Å². The molecule has 31 heavy (non-hydrogen) atoms. The Morgan fingerprint density at radius 3 is 2.39 bits per heavy atom. The van der Waals surface area contributed by atoms with Crippen molar-refractivity contribution in [2.45, 2.75) is 25.5 Å². The van der Waals surface area contributed by atoms with E-state index in [2.05, 4.69) is 0 Å². The van der Waals surface area contributed by atoms with Crippen LogP contribution < -0.4 is 9.64 Å². The van der Waals surface area contributed by atoms with E-state index in [1.54, 1.807) is 49.6 Å². The molecule has 1 N–H and O–H groups in total. The van der Waals surface area contributed by atoms with Crippen LogP contribution in [-0.4, -0.2) is 23.9 Å². The van der Waals surface area contributed by atoms with Gasteiger partial charge in [0.1, 0.15) is 5.75 Å². The number of benzene rings is 3. The van der Waals surface area contributed by atoms with Gasteiger partial charge in [0.25, 0.3) is 5.91 Å². The van der Waals surface area contributed by atoms with Crippen molar-refractivity contribution < 1.29 is 19.4 Å². The van der Waals surface area contributed by atoms with E-state index in [1.165, 1.54) is 4.90 Å². The fourth-order valence-electron chi connectivity index (χ4n) is 3.84. The molecule has 0 bridgehead atoms. The summed E-state index contributed by atoms with van der Waals surface area (Å²) in [4.78, 5) is 27.8. The maximum absolute atomic E-state index is 13.4. The summed E-state index contributed by atoms with van der Waals surface area (Å²) in [6.45, 7) is 2.28. The van der Waals surface area contributed by atoms with Gasteiger partial charge in [0.15, 0.2) is 11.4 Å². The van der Waals surface area contributed by atoms with Gasteiger partial charge in [0.05, 0.1) is 25.8 Å². The number of carbonyl (C=O) groups is 2. The molecule has 0 saturated heterocycles. The number of amides is 1. The van der Waals surface area contributed by atoms with Crippen LogP contribution >= 0.6 is 11.6 Å². The van der Waals surface area contributed by atoms with Crippen molar-refractivity contribution in [3.8, 4) is 5.75 Å². The number of aliphatic hydroxyl groups is 1. The molecule has 0 radical (unpaired) electrons. The maximum atomic E-state index is 13.4. The lowest BCUT2D eigenvalue weighted by molar-refractivity contribution is -0.136. The normalized spacial score (nSPS) is 17.5. The molecular formula is C25H22ClNO4. The Morgan fingerprint density at radius 1 is 1.06 bits per heavy atom. The summed E-state index contributed by atoms with van der Waals surface area (Å²) >= 11 is 6.17. The van der Waals surface area contributed by atoms with Gasteiger partial charge in [0, 0.05) is 16.1 Å². The Morgan fingerprint density at radius 2 is 1.74 bits per heavy atom. The number of carbonyl (C=O) groups excluding carboxylic acids is 2. The largest absolute Gasteiger partial charge is 0.497 e. The molecule has 1 atom stereocenters. The SMILES string of the molecule is COc1ccc(C(=O)C[C@@]2(O)C(=O)N(Cc3ccc(C)cc3)c3ccc(Cl)cc32)cc1. The number of aryl methyl sites for hydroxylation is 1. The van der Waals surface area contributed by atoms with Gasteiger partial charge in [-0.25, -0.2) is 0 Å². The third kappa shape index (κ3) is 3.94. The molecule has 158 valence electrons. The van der Waals surface area contributed by atoms with E-state index in [0.717, 1.165) is 11.1 Å². The topological polar surface area (TPSA) is 66.8 Å². The fraction of sp³-hybridized carbons (Fsp3) is 0.200. The molecule has 0 aromatic heterocycles. The summed E-state index contributed by atoms with van der Waals surface area (Å²) in [5.74, 6) is -0.262. The third-order valence-corrected chi connectivity index (χ3v) is 5.82. The molecule has 1 heterocycles. The number of anilines is 1. The molecule has 4 rings (SSSR count). The molecule has 0 aliphatic carbocycles. The molecule has 6 heteroatoms. The summed E-state index contributed by atoms with van der Waals surface area (Å²) < 4.78 is 5.12. The lowest BCUT2D eigenvalue weighted by atomic mass is 9.88. The van der Waals surface area contributed by atoms with Crippen molar-refractivity contribution in [1.82, 2.24) is 0 Å². The van der Waals surface area contributed by atoms with E-state index >= 15 is 0 Å². The first-order chi connectivity index (χ1) is 14.8. The number of fused-ring (bicyclic) bond motifs is 1. The smallest absolute Gasteiger partial charge is 0.264 e. The van der Waals surface area contributed by atoms with Crippen LogP contribution in [0.25, 0.3) is 0 Å². The van der Waals surface area contributed by atoms with Crippen molar-refractivity contribution in [2.75, 3.05) is 12.0 Å². The van der Waals surface area contributed by atoms with Crippen molar-refractivity contribution in [3.63, 3.8) is 0 Å². The zero-order chi connectivity index (χ0) is 22.2. The van der Waals surface area contributed by atoms with Crippen LogP contribution in [0.15, 0.2) is 66.7 Å². The highest BCUT2D eigenvalue weighted by atomic mass is 35.5. The molecule has 0 unspecified atom stereocenters. The van der Waals surface area contributed by atoms with Crippen LogP contribution in [0.1, 0.15) is 33.5 Å². The van der Waals surface area contributed by atoms with Crippen LogP contribution in [0.5, 0.6) is 5.75 Å². The van der Waals surface area contributed by atoms with Gasteiger partial charge in [-0.05, 0) is 55.0 Å². The molecule has 1 aliphatic heterocycles. The van der Waals surface area contributed by atoms with Gasteiger partial charge in [0.2, 0.25) is 0 Å². The lowest BCUT2D eigenvalue weighted by Crippen LogP contribution is -2.41. The van der Waals surface area contributed by atoms with Crippen LogP contribution in [0.4, 0.5) is 5.69 Å². The standard InChI is InChI=1S/C25H22ClNO4/c1-16-3-5-17(6-4-16)15-27-22-12-9-19(26)13-21(22)25(30,24(27)29)14-23(28)18-7-10-20(31-2)11-8-18/h3-13,30H,14-15H2,1-2H3/t25-/m0/s1. The molecule has 3 aromatic carbocycles. The minimum Gasteiger partial charge on any atom is -0.497 e. The second-order valence-electron chi connectivity index (χ2n) is 7.73. The number of halogens is 1. The highest BCUT2D eigenvalue weighted by Crippen LogP contribution is 2.44. The van der Waals surface area contributed by atoms with Crippen LogP contribution in [-0.2, 0) is 16.9 Å². The number of ether oxygens (including phenoxy) is 1. The van der Waals surface area contributed by atoms with Crippen LogP contribution in [0.3, 0.4) is 0 Å². The zero-order valence-corrected chi connectivity index (χ0v) is 18.0. The number of hydrogen-bond acceptors (Lipinski definition) is 4. The van der Waals surface area contributed by atoms with Crippen LogP contribution in [0, 0.1) is 6.92 Å². The molecule has 3 aromatic rings. The number of nitrogens with zero attached hydrogens (tertiary/aromatic N) is 1. The predicted octanol–water partition coefficient (Wildman–Crippen LogP) is 4.66. The highest BCUT2D eigenvalue weighted by molar-refractivity contribution is 6.31. The second-order valence-corrected chi connectivity index (χ2v) is 8.16. The summed E-state index contributed by atoms with van der Waals surface area (Å²) in [5, 5.41) is 11.9. The van der Waals surface area contributed by atoms with Crippen molar-refractivity contribution >= 4 is 29.0 Å². The molecule has 0 fully saturated rings. The molecule has 1 aliphatic rings. The number of methoxy groups -OCH3 is 1. The Hall–Kier alpha value is -3.15. The molecule has 5 nitrogen and oxygen atoms in total. The van der Waals surface area contributed by atoms with E-state index in [9.17, 15) is 14.7 Å². The highest BCUT2D eigenvalue weighted by Gasteiger charge is 2.51. The van der Waals surface area contributed by atoms with Gasteiger partial charge in [-0.2, -0.15) is 0 Å². The average molecular weight is 436 g/mol. The van der Waals surface area contributed by atoms with Crippen molar-refractivity contribution in [1.29, 1.82) is 0 Å². The zero-order valence-electron chi connectivity index (χ0n) is 17.3. The van der Waals surface area contributed by atoms with E-state index in [1.807, 2.05) is 31.2 Å². The fourth-order valence-corrected chi connectivity index (χ4v) is 4.01. The van der Waals surface area contributed by atoms with Gasteiger partial charge >= 0.3 is 0 Å². The number of hydrogen-bond donors (Lipinski definition) is 1. The summed E-state index contributed by atoms with van der Waals surface area (Å²) in [7, 11) is 1.54. The summed E-state index contributed by atoms with van der Waals surface area (Å²) in [6, 6.07) is 19.3. The predicted molar refractivity (Wildman–Crippen MR) is 120 cm³/mol. The maximum Gasteiger partial charge on any atom is 0.264 e. The quantitative estimate of drug-likeness (QED) is 0.571. The van der Waals surface area contributed by atoms with Gasteiger partial charge in [-0.15, -0.1) is 0 Å². The van der Waals surface area contributed by atoms with Crippen molar-refractivity contribution in [2.24, 2.45) is 0 Å². The van der Waals surface area contributed by atoms with E-state index in [-0.39, 0.29) is 18.7 Å². The Balaban J connectivity index is 1.67. The summed E-state index contributed by atoms with van der Waals surface area (Å²) in [6.07, 6.45) is -0.379. The van der Waals surface area contributed by atoms with Gasteiger partial charge in [-0.1, -0.05) is 41.4 Å². The number of ketones is 1. The third-order valence-electron chi connectivity index (χ3n) is 5.58. The first kappa shape index (κ1) is 21.1.